The van der Waals surface area contributed by atoms with Gasteiger partial charge >= 0.3 is 0 Å². The van der Waals surface area contributed by atoms with Crippen LogP contribution in [0.1, 0.15) is 16.7 Å². The van der Waals surface area contributed by atoms with Gasteiger partial charge in [0.15, 0.2) is 5.82 Å². The first kappa shape index (κ1) is 13.3. The smallest absolute Gasteiger partial charge is 0.189 e. The maximum absolute atomic E-state index is 6.12. The molecule has 0 aliphatic carbocycles. The lowest BCUT2D eigenvalue weighted by Crippen LogP contribution is -2.05. The van der Waals surface area contributed by atoms with Crippen molar-refractivity contribution in [2.45, 2.75) is 20.8 Å². The quantitative estimate of drug-likeness (QED) is 0.732. The van der Waals surface area contributed by atoms with Gasteiger partial charge in [-0.2, -0.15) is 4.68 Å². The lowest BCUT2D eigenvalue weighted by molar-refractivity contribution is 0.786. The van der Waals surface area contributed by atoms with E-state index in [2.05, 4.69) is 35.4 Å². The van der Waals surface area contributed by atoms with Gasteiger partial charge in [0.25, 0.3) is 0 Å². The number of benzene rings is 2. The van der Waals surface area contributed by atoms with Crippen molar-refractivity contribution >= 4 is 5.69 Å². The van der Waals surface area contributed by atoms with Gasteiger partial charge in [0, 0.05) is 11.3 Å². The molecule has 2 N–H and O–H groups in total. The fourth-order valence-corrected chi connectivity index (χ4v) is 2.47. The second kappa shape index (κ2) is 5.01. The lowest BCUT2D eigenvalue weighted by Gasteiger charge is -2.12. The third-order valence-electron chi connectivity index (χ3n) is 3.80. The highest BCUT2D eigenvalue weighted by atomic mass is 15.5. The van der Waals surface area contributed by atoms with Gasteiger partial charge in [-0.25, -0.2) is 0 Å². The van der Waals surface area contributed by atoms with Crippen LogP contribution in [0.4, 0.5) is 5.69 Å². The number of nitrogens with zero attached hydrogens (tertiary/aromatic N) is 4. The highest BCUT2D eigenvalue weighted by Gasteiger charge is 2.17. The van der Waals surface area contributed by atoms with Gasteiger partial charge in [0.05, 0.1) is 5.69 Å². The maximum atomic E-state index is 6.12. The standard InChI is InChI=1S/C16H17N5/c1-10-6-5-9-14(12(10)3)21-16(18-19-20-21)15-11(2)7-4-8-13(15)17/h4-9H,17H2,1-3H3. The lowest BCUT2D eigenvalue weighted by atomic mass is 10.0. The molecular weight excluding hydrogens is 262 g/mol. The van der Waals surface area contributed by atoms with Crippen molar-refractivity contribution in [1.29, 1.82) is 0 Å². The Morgan fingerprint density at radius 2 is 1.67 bits per heavy atom. The van der Waals surface area contributed by atoms with Gasteiger partial charge in [0.2, 0.25) is 0 Å². The molecule has 0 saturated carbocycles. The van der Waals surface area contributed by atoms with Gasteiger partial charge in [-0.1, -0.05) is 24.3 Å². The van der Waals surface area contributed by atoms with E-state index in [1.54, 1.807) is 4.68 Å². The van der Waals surface area contributed by atoms with E-state index >= 15 is 0 Å². The number of rotatable bonds is 2. The average Bonchev–Trinajstić information content (AvgIpc) is 2.91. The summed E-state index contributed by atoms with van der Waals surface area (Å²) in [4.78, 5) is 0. The summed E-state index contributed by atoms with van der Waals surface area (Å²) >= 11 is 0. The molecule has 2 aromatic carbocycles. The second-order valence-corrected chi connectivity index (χ2v) is 5.17. The highest BCUT2D eigenvalue weighted by Crippen LogP contribution is 2.29. The van der Waals surface area contributed by atoms with Crippen molar-refractivity contribution in [3.05, 3.63) is 53.1 Å². The molecule has 0 radical (unpaired) electrons. The van der Waals surface area contributed by atoms with Crippen LogP contribution >= 0.6 is 0 Å². The fraction of sp³-hybridized carbons (Fsp3) is 0.188. The molecule has 0 spiro atoms. The van der Waals surface area contributed by atoms with E-state index in [0.29, 0.717) is 11.5 Å². The first-order valence-electron chi connectivity index (χ1n) is 6.80. The molecule has 0 amide bonds. The number of aryl methyl sites for hydroxylation is 2. The molecule has 3 rings (SSSR count). The monoisotopic (exact) mass is 279 g/mol. The highest BCUT2D eigenvalue weighted by molar-refractivity contribution is 5.75. The summed E-state index contributed by atoms with van der Waals surface area (Å²) in [5, 5.41) is 12.2. The van der Waals surface area contributed by atoms with E-state index in [-0.39, 0.29) is 0 Å². The Balaban J connectivity index is 2.25. The van der Waals surface area contributed by atoms with E-state index in [1.165, 1.54) is 5.56 Å². The van der Waals surface area contributed by atoms with E-state index < -0.39 is 0 Å². The number of anilines is 1. The molecule has 0 unspecified atom stereocenters. The van der Waals surface area contributed by atoms with Crippen LogP contribution in [0.25, 0.3) is 17.1 Å². The van der Waals surface area contributed by atoms with Gasteiger partial charge < -0.3 is 5.73 Å². The number of nitrogen functional groups attached to an aromatic ring is 1. The topological polar surface area (TPSA) is 69.6 Å². The van der Waals surface area contributed by atoms with E-state index in [0.717, 1.165) is 22.4 Å². The molecule has 3 aromatic rings. The van der Waals surface area contributed by atoms with Crippen LogP contribution in [0.3, 0.4) is 0 Å². The van der Waals surface area contributed by atoms with Crippen molar-refractivity contribution < 1.29 is 0 Å². The van der Waals surface area contributed by atoms with Crippen molar-refractivity contribution in [1.82, 2.24) is 20.2 Å². The minimum atomic E-state index is 0.666. The molecule has 5 nitrogen and oxygen atoms in total. The van der Waals surface area contributed by atoms with Crippen molar-refractivity contribution in [3.8, 4) is 17.1 Å². The Morgan fingerprint density at radius 3 is 2.43 bits per heavy atom. The van der Waals surface area contributed by atoms with E-state index in [1.807, 2.05) is 37.3 Å². The third-order valence-corrected chi connectivity index (χ3v) is 3.80. The molecule has 106 valence electrons. The first-order chi connectivity index (χ1) is 10.1. The Morgan fingerprint density at radius 1 is 0.952 bits per heavy atom. The molecule has 0 bridgehead atoms. The van der Waals surface area contributed by atoms with Gasteiger partial charge in [-0.3, -0.25) is 0 Å². The summed E-state index contributed by atoms with van der Waals surface area (Å²) in [7, 11) is 0. The normalized spacial score (nSPS) is 10.8. The predicted octanol–water partition coefficient (Wildman–Crippen LogP) is 2.84. The Hall–Kier alpha value is -2.69. The summed E-state index contributed by atoms with van der Waals surface area (Å²) in [6, 6.07) is 11.9. The molecule has 0 atom stereocenters. The third kappa shape index (κ3) is 2.16. The molecule has 0 aliphatic heterocycles. The molecule has 21 heavy (non-hydrogen) atoms. The Bertz CT molecular complexity index is 784. The van der Waals surface area contributed by atoms with Gasteiger partial charge in [-0.15, -0.1) is 5.10 Å². The molecule has 5 heteroatoms. The zero-order valence-electron chi connectivity index (χ0n) is 12.3. The molecule has 1 aromatic heterocycles. The van der Waals surface area contributed by atoms with Crippen LogP contribution in [-0.2, 0) is 0 Å². The number of hydrogen-bond acceptors (Lipinski definition) is 4. The molecule has 0 saturated heterocycles. The molecule has 1 heterocycles. The second-order valence-electron chi connectivity index (χ2n) is 5.17. The number of tetrazole rings is 1. The summed E-state index contributed by atoms with van der Waals surface area (Å²) in [5.74, 6) is 0.666. The molecule has 0 aliphatic rings. The van der Waals surface area contributed by atoms with Crippen molar-refractivity contribution in [2.75, 3.05) is 5.73 Å². The summed E-state index contributed by atoms with van der Waals surface area (Å²) in [6.45, 7) is 6.15. The maximum Gasteiger partial charge on any atom is 0.189 e. The summed E-state index contributed by atoms with van der Waals surface area (Å²) in [6.07, 6.45) is 0. The van der Waals surface area contributed by atoms with Crippen molar-refractivity contribution in [2.24, 2.45) is 0 Å². The largest absolute Gasteiger partial charge is 0.398 e. The number of nitrogens with two attached hydrogens (primary N) is 1. The fourth-order valence-electron chi connectivity index (χ4n) is 2.47. The number of hydrogen-bond donors (Lipinski definition) is 1. The van der Waals surface area contributed by atoms with Crippen LogP contribution in [-0.4, -0.2) is 20.2 Å². The van der Waals surface area contributed by atoms with Gasteiger partial charge in [0.1, 0.15) is 0 Å². The summed E-state index contributed by atoms with van der Waals surface area (Å²) < 4.78 is 1.75. The summed E-state index contributed by atoms with van der Waals surface area (Å²) in [5.41, 5.74) is 12.0. The minimum absolute atomic E-state index is 0.666. The van der Waals surface area contributed by atoms with Crippen LogP contribution < -0.4 is 5.73 Å². The minimum Gasteiger partial charge on any atom is -0.398 e. The van der Waals surface area contributed by atoms with Crippen LogP contribution in [0.2, 0.25) is 0 Å². The zero-order valence-corrected chi connectivity index (χ0v) is 12.3. The van der Waals surface area contributed by atoms with Crippen LogP contribution in [0, 0.1) is 20.8 Å². The van der Waals surface area contributed by atoms with Gasteiger partial charge in [-0.05, 0) is 60.0 Å². The Kier molecular flexibility index (Phi) is 3.17. The van der Waals surface area contributed by atoms with Crippen LogP contribution in [0.15, 0.2) is 36.4 Å². The van der Waals surface area contributed by atoms with Crippen LogP contribution in [0.5, 0.6) is 0 Å². The zero-order chi connectivity index (χ0) is 15.0. The van der Waals surface area contributed by atoms with E-state index in [9.17, 15) is 0 Å². The van der Waals surface area contributed by atoms with Crippen molar-refractivity contribution in [3.63, 3.8) is 0 Å². The predicted molar refractivity (Wildman–Crippen MR) is 83.2 cm³/mol. The SMILES string of the molecule is Cc1cccc(-n2nnnc2-c2c(C)cccc2N)c1C. The first-order valence-corrected chi connectivity index (χ1v) is 6.80. The van der Waals surface area contributed by atoms with E-state index in [4.69, 9.17) is 5.73 Å². The molecule has 0 fully saturated rings. The average molecular weight is 279 g/mol. The Labute approximate surface area is 123 Å². The molecular formula is C16H17N5. The number of aromatic nitrogens is 4.